The second kappa shape index (κ2) is 31.1. The molecule has 19 heteroatoms. The quantitative estimate of drug-likeness (QED) is 0.0275. The highest BCUT2D eigenvalue weighted by Crippen LogP contribution is 2.21. The average Bonchev–Trinajstić information content (AvgIpc) is 3.11. The number of nitrogens with two attached hydrogens (primary N) is 1. The Hall–Kier alpha value is -2.99. The molecule has 0 spiro atoms. The molecule has 0 aromatic carbocycles. The van der Waals surface area contributed by atoms with E-state index in [0.717, 1.165) is 32.1 Å². The van der Waals surface area contributed by atoms with Crippen LogP contribution in [0.3, 0.4) is 0 Å². The third kappa shape index (κ3) is 34.4. The maximum Gasteiger partial charge on any atom is 0.410 e. The van der Waals surface area contributed by atoms with Gasteiger partial charge in [0.1, 0.15) is 22.4 Å². The molecule has 0 fully saturated rings. The van der Waals surface area contributed by atoms with Crippen LogP contribution in [-0.4, -0.2) is 163 Å². The van der Waals surface area contributed by atoms with Crippen LogP contribution in [-0.2, 0) is 18.9 Å². The summed E-state index contributed by atoms with van der Waals surface area (Å²) in [5.41, 5.74) is 3.01. The molecule has 0 heterocycles. The summed E-state index contributed by atoms with van der Waals surface area (Å²) in [6.45, 7) is 30.2. The topological polar surface area (TPSA) is 209 Å². The van der Waals surface area contributed by atoms with Gasteiger partial charge in [0.15, 0.2) is 0 Å². The van der Waals surface area contributed by atoms with Gasteiger partial charge >= 0.3 is 38.5 Å². The zero-order valence-electron chi connectivity index (χ0n) is 42.8. The van der Waals surface area contributed by atoms with Crippen LogP contribution in [0.25, 0.3) is 0 Å². The highest BCUT2D eigenvalue weighted by molar-refractivity contribution is 6.45. The third-order valence-corrected chi connectivity index (χ3v) is 9.43. The first-order valence-corrected chi connectivity index (χ1v) is 24.0. The maximum atomic E-state index is 13.9. The van der Waals surface area contributed by atoms with E-state index in [1.54, 1.807) is 33.2 Å². The van der Waals surface area contributed by atoms with Crippen LogP contribution in [0.5, 0.6) is 0 Å². The van der Waals surface area contributed by atoms with Crippen molar-refractivity contribution in [1.82, 2.24) is 30.1 Å². The molecular formula is C45H93B2N7O10. The number of nitrogens with zero attached hydrogens (tertiary/aromatic N) is 4. The van der Waals surface area contributed by atoms with E-state index in [2.05, 4.69) is 10.5 Å². The normalized spacial score (nSPS) is 12.2. The van der Waals surface area contributed by atoms with Gasteiger partial charge in [-0.1, -0.05) is 19.3 Å². The summed E-state index contributed by atoms with van der Waals surface area (Å²) >= 11 is 0. The molecule has 4 amide bonds. The molecule has 0 aromatic heterocycles. The first-order valence-electron chi connectivity index (χ1n) is 24.0. The van der Waals surface area contributed by atoms with Gasteiger partial charge in [0.25, 0.3) is 0 Å². The minimum atomic E-state index is -0.732. The van der Waals surface area contributed by atoms with Crippen molar-refractivity contribution in [2.75, 3.05) is 72.0 Å². The fraction of sp³-hybridized carbons (Fsp3) is 0.911. The van der Waals surface area contributed by atoms with Crippen molar-refractivity contribution in [1.29, 1.82) is 0 Å². The molecule has 6 N–H and O–H groups in total. The molecular weight excluding hydrogens is 820 g/mol. The number of unbranched alkanes of at least 4 members (excludes halogenated alkanes) is 5. The Morgan fingerprint density at radius 1 is 0.469 bits per heavy atom. The average molecular weight is 914 g/mol. The van der Waals surface area contributed by atoms with Crippen molar-refractivity contribution in [3.63, 3.8) is 0 Å². The summed E-state index contributed by atoms with van der Waals surface area (Å²) in [6, 6.07) is 0. The number of hydrogen-bond donors (Lipinski definition) is 5. The van der Waals surface area contributed by atoms with Gasteiger partial charge in [0.05, 0.1) is 0 Å². The fourth-order valence-electron chi connectivity index (χ4n) is 6.58. The van der Waals surface area contributed by atoms with E-state index in [1.165, 1.54) is 0 Å². The molecule has 0 radical (unpaired) electrons. The van der Waals surface area contributed by atoms with Gasteiger partial charge in [-0.25, -0.2) is 19.2 Å². The Bertz CT molecular complexity index is 1210. The predicted molar refractivity (Wildman–Crippen MR) is 258 cm³/mol. The Labute approximate surface area is 389 Å². The monoisotopic (exact) mass is 914 g/mol. The summed E-state index contributed by atoms with van der Waals surface area (Å²) in [6.07, 6.45) is 6.46. The van der Waals surface area contributed by atoms with Gasteiger partial charge in [-0.15, -0.1) is 0 Å². The molecule has 0 aliphatic rings. The lowest BCUT2D eigenvalue weighted by Gasteiger charge is -2.34. The lowest BCUT2D eigenvalue weighted by atomic mass is 9.89. The van der Waals surface area contributed by atoms with E-state index < -0.39 is 60.9 Å². The van der Waals surface area contributed by atoms with Crippen LogP contribution in [0.2, 0.25) is 13.6 Å². The summed E-state index contributed by atoms with van der Waals surface area (Å²) in [5, 5.41) is 25.2. The van der Waals surface area contributed by atoms with E-state index in [0.29, 0.717) is 111 Å². The summed E-state index contributed by atoms with van der Waals surface area (Å²) < 4.78 is 23.3. The molecule has 0 aliphatic heterocycles. The summed E-state index contributed by atoms with van der Waals surface area (Å²) in [4.78, 5) is 61.0. The van der Waals surface area contributed by atoms with Gasteiger partial charge in [0, 0.05) is 52.4 Å². The number of nitrogens with one attached hydrogen (secondary N) is 2. The maximum absolute atomic E-state index is 13.9. The second-order valence-electron chi connectivity index (χ2n) is 21.0. The lowest BCUT2D eigenvalue weighted by Crippen LogP contribution is -2.45. The fourth-order valence-corrected chi connectivity index (χ4v) is 6.58. The van der Waals surface area contributed by atoms with Crippen LogP contribution in [0.4, 0.5) is 19.2 Å². The van der Waals surface area contributed by atoms with Crippen molar-refractivity contribution >= 4 is 38.5 Å². The van der Waals surface area contributed by atoms with E-state index in [-0.39, 0.29) is 5.92 Å². The SMILES string of the molecule is CB(O)NCCCN(CCCCN(CC(CCCCCCN)CN(CCCCN(CCCNB(C)O)C(=O)OC(C)(C)C)C(=O)OC(C)(C)C)C(=O)OC(C)(C)C)C(=O)OC(C)(C)C. The Kier molecular flexibility index (Phi) is 29.6. The molecule has 17 nitrogen and oxygen atoms in total. The van der Waals surface area contributed by atoms with Crippen molar-refractivity contribution < 1.29 is 48.2 Å². The third-order valence-electron chi connectivity index (χ3n) is 9.43. The molecule has 64 heavy (non-hydrogen) atoms. The van der Waals surface area contributed by atoms with Gasteiger partial charge < -0.3 is 64.8 Å². The van der Waals surface area contributed by atoms with E-state index in [4.69, 9.17) is 24.7 Å². The van der Waals surface area contributed by atoms with Crippen LogP contribution in [0, 0.1) is 5.92 Å². The number of carbonyl (C=O) groups excluding carboxylic acids is 4. The lowest BCUT2D eigenvalue weighted by molar-refractivity contribution is 0.0118. The Morgan fingerprint density at radius 2 is 0.750 bits per heavy atom. The number of amides is 4. The van der Waals surface area contributed by atoms with Crippen LogP contribution in [0.1, 0.15) is 154 Å². The zero-order chi connectivity index (χ0) is 49.1. The minimum Gasteiger partial charge on any atom is -0.444 e. The van der Waals surface area contributed by atoms with Gasteiger partial charge in [0.2, 0.25) is 0 Å². The molecule has 0 unspecified atom stereocenters. The van der Waals surface area contributed by atoms with E-state index >= 15 is 0 Å². The van der Waals surface area contributed by atoms with Crippen LogP contribution >= 0.6 is 0 Å². The summed E-state index contributed by atoms with van der Waals surface area (Å²) in [7, 11) is -1.30. The van der Waals surface area contributed by atoms with Crippen molar-refractivity contribution in [2.45, 2.75) is 190 Å². The van der Waals surface area contributed by atoms with Gasteiger partial charge in [-0.3, -0.25) is 0 Å². The minimum absolute atomic E-state index is 0.114. The molecule has 0 bridgehead atoms. The molecule has 374 valence electrons. The van der Waals surface area contributed by atoms with Crippen molar-refractivity contribution in [3.05, 3.63) is 0 Å². The number of carbonyl (C=O) groups is 4. The second-order valence-corrected chi connectivity index (χ2v) is 21.0. The number of ether oxygens (including phenoxy) is 4. The zero-order valence-corrected chi connectivity index (χ0v) is 42.8. The van der Waals surface area contributed by atoms with E-state index in [1.807, 2.05) is 83.1 Å². The largest absolute Gasteiger partial charge is 0.444 e. The molecule has 0 aliphatic carbocycles. The first-order chi connectivity index (χ1) is 29.5. The molecule has 0 saturated heterocycles. The van der Waals surface area contributed by atoms with Crippen molar-refractivity contribution in [2.24, 2.45) is 11.7 Å². The van der Waals surface area contributed by atoms with Crippen LogP contribution < -0.4 is 16.2 Å². The highest BCUT2D eigenvalue weighted by Gasteiger charge is 2.30. The molecule has 0 rings (SSSR count). The van der Waals surface area contributed by atoms with Gasteiger partial charge in [-0.2, -0.15) is 0 Å². The number of hydrogen-bond acceptors (Lipinski definition) is 13. The molecule has 0 atom stereocenters. The predicted octanol–water partition coefficient (Wildman–Crippen LogP) is 7.20. The van der Waals surface area contributed by atoms with Gasteiger partial charge in [-0.05, 0) is 174 Å². The van der Waals surface area contributed by atoms with Crippen molar-refractivity contribution in [3.8, 4) is 0 Å². The van der Waals surface area contributed by atoms with Crippen LogP contribution in [0.15, 0.2) is 0 Å². The number of rotatable bonds is 30. The summed E-state index contributed by atoms with van der Waals surface area (Å²) in [5.74, 6) is -0.114. The Morgan fingerprint density at radius 3 is 1.05 bits per heavy atom. The standard InChI is InChI=1S/C45H93B2N7O10/c1-42(2,3)61-38(55)51(33-23-27-49-46(13)59)29-19-21-31-53(40(57)63-44(7,8)9)35-37(25-17-15-16-18-26-48)36-54(41(58)64-45(10,11)12)32-22-20-30-52(34-24-28-50-47(14)60)39(56)62-43(4,5)6/h37,49-50,59-60H,15-36,48H2,1-14H3. The molecule has 0 aromatic rings. The van der Waals surface area contributed by atoms with E-state index in [9.17, 15) is 29.2 Å². The Balaban J connectivity index is 6.38. The smallest absolute Gasteiger partial charge is 0.410 e. The highest BCUT2D eigenvalue weighted by atomic mass is 16.6. The molecule has 0 saturated carbocycles. The first kappa shape index (κ1) is 61.0.